The van der Waals surface area contributed by atoms with E-state index in [0.717, 1.165) is 0 Å². The van der Waals surface area contributed by atoms with E-state index in [4.69, 9.17) is 9.84 Å². The van der Waals surface area contributed by atoms with Gasteiger partial charge in [0.1, 0.15) is 10.6 Å². The Hall–Kier alpha value is -1.38. The van der Waals surface area contributed by atoms with Gasteiger partial charge in [-0.15, -0.1) is 0 Å². The van der Waals surface area contributed by atoms with Crippen molar-refractivity contribution in [3.8, 4) is 0 Å². The number of aromatic amines is 1. The summed E-state index contributed by atoms with van der Waals surface area (Å²) in [5.74, 6) is -1.18. The lowest BCUT2D eigenvalue weighted by molar-refractivity contribution is 0.0690. The van der Waals surface area contributed by atoms with E-state index in [-0.39, 0.29) is 28.8 Å². The van der Waals surface area contributed by atoms with Gasteiger partial charge in [-0.2, -0.15) is 0 Å². The van der Waals surface area contributed by atoms with Crippen molar-refractivity contribution in [3.05, 3.63) is 17.0 Å². The smallest absolute Gasteiger partial charge is 0.352 e. The molecule has 0 spiro atoms. The van der Waals surface area contributed by atoms with Crippen LogP contribution in [0.2, 0.25) is 0 Å². The van der Waals surface area contributed by atoms with Crippen LogP contribution in [-0.4, -0.2) is 44.2 Å². The minimum atomic E-state index is -3.79. The second-order valence-electron chi connectivity index (χ2n) is 4.57. The van der Waals surface area contributed by atoms with Gasteiger partial charge in [-0.25, -0.2) is 17.9 Å². The van der Waals surface area contributed by atoms with Crippen LogP contribution in [0.25, 0.3) is 0 Å². The van der Waals surface area contributed by atoms with Crippen molar-refractivity contribution in [1.82, 2.24) is 9.71 Å². The third-order valence-electron chi connectivity index (χ3n) is 3.03. The van der Waals surface area contributed by atoms with E-state index < -0.39 is 16.0 Å². The minimum absolute atomic E-state index is 0.00977. The molecule has 20 heavy (non-hydrogen) atoms. The number of methoxy groups -OCH3 is 1. The second-order valence-corrected chi connectivity index (χ2v) is 6.22. The molecule has 0 amide bonds. The summed E-state index contributed by atoms with van der Waals surface area (Å²) in [6.45, 7) is 5.10. The summed E-state index contributed by atoms with van der Waals surface area (Å²) in [5, 5.41) is 9.01. The highest BCUT2D eigenvalue weighted by molar-refractivity contribution is 7.89. The fraction of sp³-hybridized carbons (Fsp3) is 0.583. The average Bonchev–Trinajstić information content (AvgIpc) is 2.64. The molecular formula is C12H20N2O5S. The van der Waals surface area contributed by atoms with Gasteiger partial charge in [-0.05, 0) is 20.3 Å². The molecule has 0 radical (unpaired) electrons. The van der Waals surface area contributed by atoms with Gasteiger partial charge in [-0.1, -0.05) is 6.92 Å². The predicted molar refractivity (Wildman–Crippen MR) is 73.5 cm³/mol. The van der Waals surface area contributed by atoms with Gasteiger partial charge >= 0.3 is 5.97 Å². The molecule has 1 rings (SSSR count). The summed E-state index contributed by atoms with van der Waals surface area (Å²) in [5.41, 5.74) is 0.400. The Morgan fingerprint density at radius 2 is 2.05 bits per heavy atom. The first-order valence-electron chi connectivity index (χ1n) is 6.18. The van der Waals surface area contributed by atoms with Crippen LogP contribution in [0.15, 0.2) is 4.90 Å². The quantitative estimate of drug-likeness (QED) is 0.697. The van der Waals surface area contributed by atoms with Crippen LogP contribution < -0.4 is 4.72 Å². The maximum Gasteiger partial charge on any atom is 0.352 e. The molecule has 0 aliphatic carbocycles. The number of carboxylic acids is 1. The van der Waals surface area contributed by atoms with Crippen LogP contribution in [0.5, 0.6) is 0 Å². The highest BCUT2D eigenvalue weighted by Gasteiger charge is 2.28. The Morgan fingerprint density at radius 1 is 1.45 bits per heavy atom. The summed E-state index contributed by atoms with van der Waals surface area (Å²) in [4.78, 5) is 13.6. The van der Waals surface area contributed by atoms with Crippen LogP contribution in [-0.2, 0) is 14.8 Å². The highest BCUT2D eigenvalue weighted by Crippen LogP contribution is 2.23. The zero-order valence-electron chi connectivity index (χ0n) is 12.0. The van der Waals surface area contributed by atoms with E-state index >= 15 is 0 Å². The number of carbonyl (C=O) groups is 1. The molecule has 0 aromatic carbocycles. The largest absolute Gasteiger partial charge is 0.477 e. The molecule has 0 saturated carbocycles. The van der Waals surface area contributed by atoms with Gasteiger partial charge in [0, 0.05) is 24.4 Å². The Balaban J connectivity index is 3.19. The summed E-state index contributed by atoms with van der Waals surface area (Å²) >= 11 is 0. The Labute approximate surface area is 118 Å². The second kappa shape index (κ2) is 6.38. The van der Waals surface area contributed by atoms with Crippen molar-refractivity contribution < 1.29 is 23.1 Å². The Kier molecular flexibility index (Phi) is 5.32. The highest BCUT2D eigenvalue weighted by atomic mass is 32.2. The first kappa shape index (κ1) is 16.7. The zero-order valence-corrected chi connectivity index (χ0v) is 12.8. The Morgan fingerprint density at radius 3 is 2.45 bits per heavy atom. The van der Waals surface area contributed by atoms with Crippen molar-refractivity contribution >= 4 is 16.0 Å². The first-order valence-corrected chi connectivity index (χ1v) is 7.66. The molecule has 1 atom stereocenters. The molecule has 3 N–H and O–H groups in total. The number of hydrogen-bond donors (Lipinski definition) is 3. The number of aryl methyl sites for hydroxylation is 1. The zero-order chi connectivity index (χ0) is 15.5. The first-order chi connectivity index (χ1) is 9.24. The molecule has 114 valence electrons. The number of hydrogen-bond acceptors (Lipinski definition) is 4. The molecule has 7 nitrogen and oxygen atoms in total. The summed E-state index contributed by atoms with van der Waals surface area (Å²) in [7, 11) is -2.30. The summed E-state index contributed by atoms with van der Waals surface area (Å²) in [6.07, 6.45) is 0.571. The third-order valence-corrected chi connectivity index (χ3v) is 4.83. The van der Waals surface area contributed by atoms with Gasteiger partial charge in [0.05, 0.1) is 6.61 Å². The standard InChI is InChI=1S/C12H20N2O5S/c1-5-9(6-19-4)14-20(17,18)11-7(2)10(12(15)16)13-8(11)3/h9,13-14H,5-6H2,1-4H3,(H,15,16). The number of ether oxygens (including phenoxy) is 1. The number of carboxylic acid groups (broad SMARTS) is 1. The molecule has 0 fully saturated rings. The molecule has 8 heteroatoms. The van der Waals surface area contributed by atoms with Gasteiger partial charge in [0.15, 0.2) is 0 Å². The van der Waals surface area contributed by atoms with Crippen molar-refractivity contribution in [1.29, 1.82) is 0 Å². The molecule has 0 aliphatic rings. The lowest BCUT2D eigenvalue weighted by atomic mass is 10.2. The van der Waals surface area contributed by atoms with Crippen molar-refractivity contribution in [2.24, 2.45) is 0 Å². The molecule has 0 saturated heterocycles. The maximum atomic E-state index is 12.4. The van der Waals surface area contributed by atoms with E-state index in [1.807, 2.05) is 6.92 Å². The number of H-pyrrole nitrogens is 1. The van der Waals surface area contributed by atoms with E-state index in [0.29, 0.717) is 12.1 Å². The molecule has 1 aromatic heterocycles. The van der Waals surface area contributed by atoms with Crippen LogP contribution in [0.4, 0.5) is 0 Å². The number of aromatic carboxylic acids is 1. The SMILES string of the molecule is CCC(COC)NS(=O)(=O)c1c(C)[nH]c(C(=O)O)c1C. The van der Waals surface area contributed by atoms with E-state index in [9.17, 15) is 13.2 Å². The Bertz CT molecular complexity index is 591. The fourth-order valence-electron chi connectivity index (χ4n) is 2.06. The fourth-order valence-corrected chi connectivity index (χ4v) is 3.82. The van der Waals surface area contributed by atoms with E-state index in [1.165, 1.54) is 21.0 Å². The molecule has 1 heterocycles. The van der Waals surface area contributed by atoms with E-state index in [1.54, 1.807) is 0 Å². The van der Waals surface area contributed by atoms with Crippen molar-refractivity contribution in [2.75, 3.05) is 13.7 Å². The number of rotatable bonds is 7. The summed E-state index contributed by atoms with van der Waals surface area (Å²) in [6, 6.07) is -0.355. The summed E-state index contributed by atoms with van der Waals surface area (Å²) < 4.78 is 32.2. The van der Waals surface area contributed by atoms with Crippen LogP contribution in [0.3, 0.4) is 0 Å². The minimum Gasteiger partial charge on any atom is -0.477 e. The van der Waals surface area contributed by atoms with Gasteiger partial charge < -0.3 is 14.8 Å². The van der Waals surface area contributed by atoms with Gasteiger partial charge in [0.25, 0.3) is 0 Å². The number of nitrogens with one attached hydrogen (secondary N) is 2. The lowest BCUT2D eigenvalue weighted by Gasteiger charge is -2.16. The monoisotopic (exact) mass is 304 g/mol. The van der Waals surface area contributed by atoms with Crippen LogP contribution in [0.1, 0.15) is 35.1 Å². The molecule has 1 aromatic rings. The third kappa shape index (κ3) is 3.38. The van der Waals surface area contributed by atoms with Gasteiger partial charge in [-0.3, -0.25) is 0 Å². The maximum absolute atomic E-state index is 12.4. The molecule has 1 unspecified atom stereocenters. The molecule has 0 bridgehead atoms. The topological polar surface area (TPSA) is 108 Å². The normalized spacial score (nSPS) is 13.4. The lowest BCUT2D eigenvalue weighted by Crippen LogP contribution is -2.37. The predicted octanol–water partition coefficient (Wildman–Crippen LogP) is 1.03. The van der Waals surface area contributed by atoms with Crippen LogP contribution >= 0.6 is 0 Å². The molecular weight excluding hydrogens is 284 g/mol. The van der Waals surface area contributed by atoms with Gasteiger partial charge in [0.2, 0.25) is 10.0 Å². The van der Waals surface area contributed by atoms with Crippen molar-refractivity contribution in [2.45, 2.75) is 38.1 Å². The van der Waals surface area contributed by atoms with E-state index in [2.05, 4.69) is 9.71 Å². The average molecular weight is 304 g/mol. The number of aromatic nitrogens is 1. The molecule has 0 aliphatic heterocycles. The van der Waals surface area contributed by atoms with Crippen LogP contribution in [0, 0.1) is 13.8 Å². The van der Waals surface area contributed by atoms with Crippen molar-refractivity contribution in [3.63, 3.8) is 0 Å². The number of sulfonamides is 1.